The van der Waals surface area contributed by atoms with Crippen LogP contribution in [0.1, 0.15) is 18.4 Å². The zero-order chi connectivity index (χ0) is 14.6. The predicted molar refractivity (Wildman–Crippen MR) is 74.8 cm³/mol. The average molecular weight is 301 g/mol. The number of hydrogen-bond donors (Lipinski definition) is 2. The molecule has 1 aliphatic rings. The molecule has 0 radical (unpaired) electrons. The highest BCUT2D eigenvalue weighted by molar-refractivity contribution is 6.31. The molecule has 1 aliphatic heterocycles. The second kappa shape index (κ2) is 6.49. The molecule has 0 atom stereocenters. The lowest BCUT2D eigenvalue weighted by Gasteiger charge is -2.36. The second-order valence-electron chi connectivity index (χ2n) is 4.90. The van der Waals surface area contributed by atoms with Crippen LogP contribution in [0.3, 0.4) is 0 Å². The molecule has 0 aromatic heterocycles. The van der Waals surface area contributed by atoms with Crippen LogP contribution in [0.5, 0.6) is 0 Å². The first-order valence-electron chi connectivity index (χ1n) is 6.43. The van der Waals surface area contributed by atoms with Crippen molar-refractivity contribution in [2.45, 2.75) is 24.9 Å². The number of nitro benzene ring substituents is 1. The van der Waals surface area contributed by atoms with E-state index in [0.717, 1.165) is 0 Å². The van der Waals surface area contributed by atoms with E-state index in [2.05, 4.69) is 5.32 Å². The Kier molecular flexibility index (Phi) is 4.93. The summed E-state index contributed by atoms with van der Waals surface area (Å²) in [5.41, 5.74) is -0.0192. The van der Waals surface area contributed by atoms with Gasteiger partial charge in [-0.1, -0.05) is 17.7 Å². The molecule has 0 aliphatic carbocycles. The van der Waals surface area contributed by atoms with Crippen LogP contribution in [-0.2, 0) is 11.3 Å². The first-order valence-corrected chi connectivity index (χ1v) is 6.81. The topological polar surface area (TPSA) is 84.6 Å². The van der Waals surface area contributed by atoms with Gasteiger partial charge in [0.25, 0.3) is 5.69 Å². The molecule has 20 heavy (non-hydrogen) atoms. The van der Waals surface area contributed by atoms with Crippen LogP contribution < -0.4 is 5.32 Å². The number of aliphatic hydroxyl groups excluding tert-OH is 1. The van der Waals surface area contributed by atoms with Crippen molar-refractivity contribution in [3.05, 3.63) is 38.9 Å². The van der Waals surface area contributed by atoms with E-state index >= 15 is 0 Å². The van der Waals surface area contributed by atoms with Crippen molar-refractivity contribution in [2.24, 2.45) is 0 Å². The van der Waals surface area contributed by atoms with Crippen LogP contribution in [0, 0.1) is 10.1 Å². The summed E-state index contributed by atoms with van der Waals surface area (Å²) in [6.45, 7) is 1.35. The number of nitro groups is 1. The highest BCUT2D eigenvalue weighted by Crippen LogP contribution is 2.28. The van der Waals surface area contributed by atoms with Crippen molar-refractivity contribution in [1.29, 1.82) is 0 Å². The lowest BCUT2D eigenvalue weighted by Crippen LogP contribution is -2.51. The molecule has 0 bridgehead atoms. The number of nitrogens with zero attached hydrogens (tertiary/aromatic N) is 1. The molecule has 6 nitrogen and oxygen atoms in total. The van der Waals surface area contributed by atoms with Gasteiger partial charge in [-0.2, -0.15) is 0 Å². The number of rotatable bonds is 5. The number of nitrogens with one attached hydrogen (secondary N) is 1. The molecule has 1 heterocycles. The van der Waals surface area contributed by atoms with Crippen LogP contribution in [-0.4, -0.2) is 35.4 Å². The molecule has 0 unspecified atom stereocenters. The quantitative estimate of drug-likeness (QED) is 0.640. The van der Waals surface area contributed by atoms with Crippen LogP contribution in [0.25, 0.3) is 0 Å². The highest BCUT2D eigenvalue weighted by atomic mass is 35.5. The van der Waals surface area contributed by atoms with Crippen LogP contribution in [0.2, 0.25) is 5.02 Å². The minimum Gasteiger partial charge on any atom is -0.394 e. The van der Waals surface area contributed by atoms with E-state index in [9.17, 15) is 15.2 Å². The van der Waals surface area contributed by atoms with E-state index in [1.54, 1.807) is 12.1 Å². The number of aliphatic hydroxyl groups is 1. The molecule has 7 heteroatoms. The Bertz CT molecular complexity index is 489. The van der Waals surface area contributed by atoms with Gasteiger partial charge in [0.1, 0.15) is 0 Å². The maximum Gasteiger partial charge on any atom is 0.275 e. The van der Waals surface area contributed by atoms with E-state index in [0.29, 0.717) is 36.6 Å². The predicted octanol–water partition coefficient (Wildman–Crippen LogP) is 1.88. The maximum atomic E-state index is 11.0. The SMILES string of the molecule is O=[N+]([O-])c1cccc(Cl)c1CNC1(CO)CCOCC1. The van der Waals surface area contributed by atoms with Crippen molar-refractivity contribution in [1.82, 2.24) is 5.32 Å². The number of hydrogen-bond acceptors (Lipinski definition) is 5. The summed E-state index contributed by atoms with van der Waals surface area (Å²) in [5, 5.41) is 24.2. The minimum atomic E-state index is -0.453. The molecule has 0 spiro atoms. The summed E-state index contributed by atoms with van der Waals surface area (Å²) >= 11 is 6.05. The van der Waals surface area contributed by atoms with Crippen molar-refractivity contribution in [3.63, 3.8) is 0 Å². The largest absolute Gasteiger partial charge is 0.394 e. The van der Waals surface area contributed by atoms with Gasteiger partial charge in [-0.05, 0) is 18.9 Å². The van der Waals surface area contributed by atoms with Crippen molar-refractivity contribution in [3.8, 4) is 0 Å². The summed E-state index contributed by atoms with van der Waals surface area (Å²) in [7, 11) is 0. The lowest BCUT2D eigenvalue weighted by molar-refractivity contribution is -0.385. The molecule has 1 aromatic carbocycles. The van der Waals surface area contributed by atoms with E-state index in [1.807, 2.05) is 0 Å². The summed E-state index contributed by atoms with van der Waals surface area (Å²) in [5.74, 6) is 0. The van der Waals surface area contributed by atoms with Gasteiger partial charge in [-0.25, -0.2) is 0 Å². The fourth-order valence-electron chi connectivity index (χ4n) is 2.32. The van der Waals surface area contributed by atoms with Gasteiger partial charge < -0.3 is 15.2 Å². The Morgan fingerprint density at radius 1 is 1.45 bits per heavy atom. The molecule has 2 N–H and O–H groups in total. The first kappa shape index (κ1) is 15.2. The highest BCUT2D eigenvalue weighted by Gasteiger charge is 2.32. The van der Waals surface area contributed by atoms with Gasteiger partial charge in [0, 0.05) is 31.4 Å². The Hall–Kier alpha value is -1.21. The standard InChI is InChI=1S/C13H17ClN2O4/c14-11-2-1-3-12(16(18)19)10(11)8-15-13(9-17)4-6-20-7-5-13/h1-3,15,17H,4-9H2. The number of halogens is 1. The molecular formula is C13H17ClN2O4. The third kappa shape index (κ3) is 3.27. The Balaban J connectivity index is 2.15. The fraction of sp³-hybridized carbons (Fsp3) is 0.538. The van der Waals surface area contributed by atoms with Gasteiger partial charge in [-0.3, -0.25) is 10.1 Å². The number of benzene rings is 1. The minimum absolute atomic E-state index is 0.00912. The molecule has 0 amide bonds. The van der Waals surface area contributed by atoms with Gasteiger partial charge >= 0.3 is 0 Å². The third-order valence-electron chi connectivity index (χ3n) is 3.68. The molecule has 1 aromatic rings. The van der Waals surface area contributed by atoms with Gasteiger partial charge in [0.05, 0.1) is 22.1 Å². The van der Waals surface area contributed by atoms with Crippen LogP contribution in [0.15, 0.2) is 18.2 Å². The molecule has 110 valence electrons. The Morgan fingerprint density at radius 2 is 2.15 bits per heavy atom. The average Bonchev–Trinajstić information content (AvgIpc) is 2.46. The zero-order valence-electron chi connectivity index (χ0n) is 11.0. The molecule has 1 saturated heterocycles. The van der Waals surface area contributed by atoms with Crippen molar-refractivity contribution >= 4 is 17.3 Å². The maximum absolute atomic E-state index is 11.0. The van der Waals surface area contributed by atoms with Gasteiger partial charge in [0.2, 0.25) is 0 Å². The number of ether oxygens (including phenoxy) is 1. The summed E-state index contributed by atoms with van der Waals surface area (Å²) < 4.78 is 5.28. The summed E-state index contributed by atoms with van der Waals surface area (Å²) in [6, 6.07) is 4.61. The van der Waals surface area contributed by atoms with E-state index in [1.165, 1.54) is 6.07 Å². The first-order chi connectivity index (χ1) is 9.58. The van der Waals surface area contributed by atoms with Gasteiger partial charge in [-0.15, -0.1) is 0 Å². The normalized spacial score (nSPS) is 17.9. The van der Waals surface area contributed by atoms with Crippen molar-refractivity contribution in [2.75, 3.05) is 19.8 Å². The smallest absolute Gasteiger partial charge is 0.275 e. The Morgan fingerprint density at radius 3 is 2.75 bits per heavy atom. The third-order valence-corrected chi connectivity index (χ3v) is 4.04. The summed E-state index contributed by atoms with van der Waals surface area (Å²) in [6.07, 6.45) is 1.34. The molecule has 1 fully saturated rings. The van der Waals surface area contributed by atoms with Crippen LogP contribution >= 0.6 is 11.6 Å². The molecule has 2 rings (SSSR count). The monoisotopic (exact) mass is 300 g/mol. The van der Waals surface area contributed by atoms with Gasteiger partial charge in [0.15, 0.2) is 0 Å². The summed E-state index contributed by atoms with van der Waals surface area (Å²) in [4.78, 5) is 10.6. The van der Waals surface area contributed by atoms with Crippen LogP contribution in [0.4, 0.5) is 5.69 Å². The zero-order valence-corrected chi connectivity index (χ0v) is 11.7. The van der Waals surface area contributed by atoms with E-state index < -0.39 is 10.5 Å². The van der Waals surface area contributed by atoms with E-state index in [-0.39, 0.29) is 18.8 Å². The Labute approximate surface area is 121 Å². The molecular weight excluding hydrogens is 284 g/mol. The van der Waals surface area contributed by atoms with E-state index in [4.69, 9.17) is 16.3 Å². The lowest BCUT2D eigenvalue weighted by atomic mass is 9.90. The fourth-order valence-corrected chi connectivity index (χ4v) is 2.56. The van der Waals surface area contributed by atoms with Crippen molar-refractivity contribution < 1.29 is 14.8 Å². The molecule has 0 saturated carbocycles. The second-order valence-corrected chi connectivity index (χ2v) is 5.31.